The maximum Gasteiger partial charge on any atom is 0.0472 e. The molecule has 2 aliphatic rings. The Bertz CT molecular complexity index is 247. The average molecular weight is 268 g/mol. The molecule has 3 heteroatoms. The normalized spacial score (nSPS) is 22.9. The van der Waals surface area contributed by atoms with E-state index in [1.807, 2.05) is 0 Å². The van der Waals surface area contributed by atoms with Crippen LogP contribution in [0, 0.1) is 11.3 Å². The first-order valence-corrected chi connectivity index (χ1v) is 8.29. The summed E-state index contributed by atoms with van der Waals surface area (Å²) in [5.41, 5.74) is 0.457. The van der Waals surface area contributed by atoms with Crippen LogP contribution in [0.2, 0.25) is 0 Å². The molecule has 0 amide bonds. The molecule has 112 valence electrons. The van der Waals surface area contributed by atoms with Crippen molar-refractivity contribution in [1.82, 2.24) is 10.2 Å². The van der Waals surface area contributed by atoms with Gasteiger partial charge in [0.1, 0.15) is 0 Å². The van der Waals surface area contributed by atoms with Crippen molar-refractivity contribution in [3.63, 3.8) is 0 Å². The van der Waals surface area contributed by atoms with E-state index in [0.717, 1.165) is 25.7 Å². The molecule has 1 N–H and O–H groups in total. The topological polar surface area (TPSA) is 24.5 Å². The van der Waals surface area contributed by atoms with Gasteiger partial charge in [0.15, 0.2) is 0 Å². The predicted molar refractivity (Wildman–Crippen MR) is 80.5 cm³/mol. The first-order valence-electron chi connectivity index (χ1n) is 8.29. The Kier molecular flexibility index (Phi) is 6.11. The van der Waals surface area contributed by atoms with Crippen LogP contribution in [-0.4, -0.2) is 50.8 Å². The van der Waals surface area contributed by atoms with E-state index in [1.165, 1.54) is 58.3 Å². The van der Waals surface area contributed by atoms with E-state index in [9.17, 15) is 0 Å². The van der Waals surface area contributed by atoms with Crippen LogP contribution in [0.4, 0.5) is 0 Å². The second-order valence-corrected chi connectivity index (χ2v) is 6.56. The number of rotatable bonds is 9. The van der Waals surface area contributed by atoms with Crippen molar-refractivity contribution >= 4 is 0 Å². The molecule has 0 atom stereocenters. The summed E-state index contributed by atoms with van der Waals surface area (Å²) in [5, 5.41) is 3.66. The van der Waals surface area contributed by atoms with Crippen LogP contribution < -0.4 is 5.32 Å². The fraction of sp³-hybridized carbons (Fsp3) is 1.00. The van der Waals surface area contributed by atoms with E-state index in [0.29, 0.717) is 5.41 Å². The minimum atomic E-state index is 0.457. The molecule has 19 heavy (non-hydrogen) atoms. The van der Waals surface area contributed by atoms with Crippen LogP contribution in [0.1, 0.15) is 46.0 Å². The molecule has 0 spiro atoms. The third-order valence-electron chi connectivity index (χ3n) is 4.70. The van der Waals surface area contributed by atoms with Crippen LogP contribution in [0.25, 0.3) is 0 Å². The zero-order chi connectivity index (χ0) is 13.6. The second-order valence-electron chi connectivity index (χ2n) is 6.56. The molecule has 0 aromatic heterocycles. The molecule has 0 bridgehead atoms. The Morgan fingerprint density at radius 3 is 2.53 bits per heavy atom. The van der Waals surface area contributed by atoms with Gasteiger partial charge < -0.3 is 15.0 Å². The van der Waals surface area contributed by atoms with Crippen molar-refractivity contribution in [3.05, 3.63) is 0 Å². The predicted octanol–water partition coefficient (Wildman–Crippen LogP) is 2.51. The largest absolute Gasteiger partial charge is 0.381 e. The van der Waals surface area contributed by atoms with Crippen molar-refractivity contribution in [2.75, 3.05) is 45.9 Å². The van der Waals surface area contributed by atoms with Gasteiger partial charge in [-0.15, -0.1) is 0 Å². The highest BCUT2D eigenvalue weighted by atomic mass is 16.5. The highest BCUT2D eigenvalue weighted by Crippen LogP contribution is 2.34. The Hall–Kier alpha value is -0.120. The minimum absolute atomic E-state index is 0.457. The molecule has 1 aliphatic heterocycles. The summed E-state index contributed by atoms with van der Waals surface area (Å²) < 4.78 is 5.59. The number of hydrogen-bond donors (Lipinski definition) is 1. The third kappa shape index (κ3) is 5.05. The monoisotopic (exact) mass is 268 g/mol. The molecule has 1 aliphatic carbocycles. The van der Waals surface area contributed by atoms with Gasteiger partial charge in [0.25, 0.3) is 0 Å². The van der Waals surface area contributed by atoms with Gasteiger partial charge in [-0.3, -0.25) is 0 Å². The molecular formula is C16H32N2O. The summed E-state index contributed by atoms with van der Waals surface area (Å²) in [5.74, 6) is 1.00. The van der Waals surface area contributed by atoms with E-state index in [4.69, 9.17) is 4.74 Å². The minimum Gasteiger partial charge on any atom is -0.381 e. The van der Waals surface area contributed by atoms with Gasteiger partial charge >= 0.3 is 0 Å². The summed E-state index contributed by atoms with van der Waals surface area (Å²) in [6, 6.07) is 0. The van der Waals surface area contributed by atoms with Crippen LogP contribution >= 0.6 is 0 Å². The highest BCUT2D eigenvalue weighted by Gasteiger charge is 2.35. The van der Waals surface area contributed by atoms with Gasteiger partial charge in [-0.1, -0.05) is 13.8 Å². The first kappa shape index (κ1) is 15.3. The Morgan fingerprint density at radius 2 is 1.95 bits per heavy atom. The fourth-order valence-electron chi connectivity index (χ4n) is 3.17. The van der Waals surface area contributed by atoms with Crippen molar-refractivity contribution in [2.45, 2.75) is 46.0 Å². The number of hydrogen-bond acceptors (Lipinski definition) is 3. The van der Waals surface area contributed by atoms with E-state index in [-0.39, 0.29) is 0 Å². The van der Waals surface area contributed by atoms with Crippen LogP contribution in [-0.2, 0) is 4.74 Å². The van der Waals surface area contributed by atoms with Gasteiger partial charge in [-0.2, -0.15) is 0 Å². The average Bonchev–Trinajstić information content (AvgIpc) is 3.23. The lowest BCUT2D eigenvalue weighted by Crippen LogP contribution is -2.48. The lowest BCUT2D eigenvalue weighted by atomic mass is 9.79. The summed E-state index contributed by atoms with van der Waals surface area (Å²) >= 11 is 0. The van der Waals surface area contributed by atoms with Gasteiger partial charge in [-0.25, -0.2) is 0 Å². The van der Waals surface area contributed by atoms with Crippen molar-refractivity contribution < 1.29 is 4.74 Å². The Labute approximate surface area is 119 Å². The van der Waals surface area contributed by atoms with Crippen molar-refractivity contribution in [1.29, 1.82) is 0 Å². The molecule has 2 rings (SSSR count). The standard InChI is InChI=1S/C16H32N2O/c1-3-9-17-13-16(7-10-19-11-8-16)14-18(4-2)12-15-5-6-15/h15,17H,3-14H2,1-2H3. The number of nitrogens with one attached hydrogen (secondary N) is 1. The van der Waals surface area contributed by atoms with Crippen LogP contribution in [0.5, 0.6) is 0 Å². The maximum atomic E-state index is 5.59. The summed E-state index contributed by atoms with van der Waals surface area (Å²) in [6.07, 6.45) is 6.60. The zero-order valence-electron chi connectivity index (χ0n) is 12.9. The lowest BCUT2D eigenvalue weighted by molar-refractivity contribution is -0.00422. The maximum absolute atomic E-state index is 5.59. The lowest BCUT2D eigenvalue weighted by Gasteiger charge is -2.41. The quantitative estimate of drug-likeness (QED) is 0.650. The van der Waals surface area contributed by atoms with E-state index in [2.05, 4.69) is 24.1 Å². The second kappa shape index (κ2) is 7.61. The molecule has 0 aromatic rings. The van der Waals surface area contributed by atoms with Gasteiger partial charge in [0.2, 0.25) is 0 Å². The summed E-state index contributed by atoms with van der Waals surface area (Å²) in [4.78, 5) is 2.69. The van der Waals surface area contributed by atoms with E-state index < -0.39 is 0 Å². The first-order chi connectivity index (χ1) is 9.28. The fourth-order valence-corrected chi connectivity index (χ4v) is 3.17. The third-order valence-corrected chi connectivity index (χ3v) is 4.70. The molecule has 2 fully saturated rings. The van der Waals surface area contributed by atoms with E-state index in [1.54, 1.807) is 0 Å². The van der Waals surface area contributed by atoms with Gasteiger partial charge in [0.05, 0.1) is 0 Å². The smallest absolute Gasteiger partial charge is 0.0472 e. The molecule has 3 nitrogen and oxygen atoms in total. The van der Waals surface area contributed by atoms with Crippen molar-refractivity contribution in [2.24, 2.45) is 11.3 Å². The highest BCUT2D eigenvalue weighted by molar-refractivity contribution is 4.88. The SMILES string of the molecule is CCCNCC1(CN(CC)CC2CC2)CCOCC1. The molecule has 1 saturated carbocycles. The number of nitrogens with zero attached hydrogens (tertiary/aromatic N) is 1. The molecule has 1 saturated heterocycles. The van der Waals surface area contributed by atoms with Crippen molar-refractivity contribution in [3.8, 4) is 0 Å². The molecule has 0 unspecified atom stereocenters. The number of ether oxygens (including phenoxy) is 1. The summed E-state index contributed by atoms with van der Waals surface area (Å²) in [7, 11) is 0. The Morgan fingerprint density at radius 1 is 1.21 bits per heavy atom. The Balaban J connectivity index is 1.86. The van der Waals surface area contributed by atoms with E-state index >= 15 is 0 Å². The van der Waals surface area contributed by atoms with Gasteiger partial charge in [0, 0.05) is 32.8 Å². The zero-order valence-corrected chi connectivity index (χ0v) is 12.9. The van der Waals surface area contributed by atoms with Crippen LogP contribution in [0.3, 0.4) is 0 Å². The molecular weight excluding hydrogens is 236 g/mol. The van der Waals surface area contributed by atoms with Crippen LogP contribution in [0.15, 0.2) is 0 Å². The summed E-state index contributed by atoms with van der Waals surface area (Å²) in [6.45, 7) is 12.6. The van der Waals surface area contributed by atoms with Gasteiger partial charge in [-0.05, 0) is 56.5 Å². The molecule has 1 heterocycles. The molecule has 0 aromatic carbocycles. The molecule has 0 radical (unpaired) electrons.